The van der Waals surface area contributed by atoms with Gasteiger partial charge in [0.2, 0.25) is 0 Å². The van der Waals surface area contributed by atoms with Crippen LogP contribution in [-0.4, -0.2) is 9.78 Å². The molecule has 1 aliphatic rings. The Labute approximate surface area is 81.0 Å². The van der Waals surface area contributed by atoms with Crippen LogP contribution in [0.5, 0.6) is 0 Å². The number of para-hydroxylation sites is 1. The third kappa shape index (κ3) is 1.06. The molecule has 2 heterocycles. The number of rotatable bonds is 0. The molecule has 67 valence electrons. The molecule has 0 spiro atoms. The minimum atomic E-state index is 0.702. The summed E-state index contributed by atoms with van der Waals surface area (Å²) in [5.41, 5.74) is 1.13. The molecule has 1 radical (unpaired) electrons. The standard InChI is InChI=1S/C11H9N3/c1-2-4-11-9(3-1)8-14-10(7-12-11)5-6-13-14/h1-6,8H,7H2/q+1. The Bertz CT molecular complexity index is 581. The van der Waals surface area contributed by atoms with Gasteiger partial charge in [-0.05, 0) is 12.1 Å². The van der Waals surface area contributed by atoms with Gasteiger partial charge in [0.1, 0.15) is 5.69 Å². The molecule has 0 atom stereocenters. The lowest BCUT2D eigenvalue weighted by molar-refractivity contribution is 0.804. The number of fused-ring (bicyclic) bond motifs is 2. The van der Waals surface area contributed by atoms with Gasteiger partial charge in [0.15, 0.2) is 0 Å². The topological polar surface area (TPSA) is 31.9 Å². The van der Waals surface area contributed by atoms with Crippen molar-refractivity contribution in [3.05, 3.63) is 52.8 Å². The fraction of sp³-hybridized carbons (Fsp3) is 0.0909. The average molecular weight is 183 g/mol. The lowest BCUT2D eigenvalue weighted by Crippen LogP contribution is -2.28. The minimum Gasteiger partial charge on any atom is -0.238 e. The van der Waals surface area contributed by atoms with Gasteiger partial charge in [-0.2, -0.15) is 5.10 Å². The predicted molar refractivity (Wildman–Crippen MR) is 52.7 cm³/mol. The summed E-state index contributed by atoms with van der Waals surface area (Å²) < 4.78 is 1.88. The Morgan fingerprint density at radius 2 is 2.14 bits per heavy atom. The zero-order chi connectivity index (χ0) is 9.38. The van der Waals surface area contributed by atoms with E-state index in [2.05, 4.69) is 16.2 Å². The van der Waals surface area contributed by atoms with E-state index in [-0.39, 0.29) is 0 Å². The molecule has 0 saturated carbocycles. The highest BCUT2D eigenvalue weighted by Gasteiger charge is 2.09. The van der Waals surface area contributed by atoms with Gasteiger partial charge in [0.25, 0.3) is 11.9 Å². The minimum absolute atomic E-state index is 0.702. The van der Waals surface area contributed by atoms with Gasteiger partial charge >= 0.3 is 0 Å². The maximum Gasteiger partial charge on any atom is 0.278 e. The number of hydrogen-bond donors (Lipinski definition) is 0. The Hall–Kier alpha value is -1.90. The van der Waals surface area contributed by atoms with E-state index in [1.807, 2.05) is 35.1 Å². The van der Waals surface area contributed by atoms with E-state index in [4.69, 9.17) is 0 Å². The van der Waals surface area contributed by atoms with Crippen molar-refractivity contribution in [2.75, 3.05) is 0 Å². The largest absolute Gasteiger partial charge is 0.278 e. The number of hydrogen-bond acceptors (Lipinski definition) is 2. The molecule has 0 bridgehead atoms. The Morgan fingerprint density at radius 3 is 3.14 bits per heavy atom. The first-order valence-corrected chi connectivity index (χ1v) is 4.57. The molecular formula is C11H9N3+. The summed E-state index contributed by atoms with van der Waals surface area (Å²) >= 11 is 0. The molecular weight excluding hydrogens is 174 g/mol. The Kier molecular flexibility index (Phi) is 1.50. The number of aromatic nitrogens is 2. The highest BCUT2D eigenvalue weighted by atomic mass is 15.3. The van der Waals surface area contributed by atoms with Crippen molar-refractivity contribution in [1.82, 2.24) is 14.8 Å². The van der Waals surface area contributed by atoms with E-state index < -0.39 is 0 Å². The molecule has 0 unspecified atom stereocenters. The summed E-state index contributed by atoms with van der Waals surface area (Å²) in [4.78, 5) is 4.51. The van der Waals surface area contributed by atoms with Crippen LogP contribution in [0.3, 0.4) is 0 Å². The lowest BCUT2D eigenvalue weighted by atomic mass is 10.3. The van der Waals surface area contributed by atoms with Crippen molar-refractivity contribution < 1.29 is 0 Å². The molecule has 3 heteroatoms. The van der Waals surface area contributed by atoms with Gasteiger partial charge < -0.3 is 0 Å². The molecule has 0 amide bonds. The highest BCUT2D eigenvalue weighted by Crippen LogP contribution is 1.97. The first-order chi connectivity index (χ1) is 6.93. The zero-order valence-corrected chi connectivity index (χ0v) is 7.59. The monoisotopic (exact) mass is 183 g/mol. The molecule has 0 aliphatic carbocycles. The smallest absolute Gasteiger partial charge is 0.238 e. The second-order valence-corrected chi connectivity index (χ2v) is 3.27. The van der Waals surface area contributed by atoms with Gasteiger partial charge in [-0.3, -0.25) is 0 Å². The van der Waals surface area contributed by atoms with Crippen LogP contribution in [0.4, 0.5) is 0 Å². The van der Waals surface area contributed by atoms with Crippen LogP contribution in [0.1, 0.15) is 5.69 Å². The molecule has 2 aromatic rings. The summed E-state index contributed by atoms with van der Waals surface area (Å²) in [5, 5.41) is 6.38. The molecule has 14 heavy (non-hydrogen) atoms. The predicted octanol–water partition coefficient (Wildman–Crippen LogP) is -0.362. The first kappa shape index (κ1) is 7.50. The first-order valence-electron chi connectivity index (χ1n) is 4.57. The van der Waals surface area contributed by atoms with Crippen molar-refractivity contribution >= 4 is 6.20 Å². The summed E-state index contributed by atoms with van der Waals surface area (Å²) in [6.45, 7) is 0.702. The van der Waals surface area contributed by atoms with Crippen LogP contribution < -0.4 is 15.6 Å². The fourth-order valence-corrected chi connectivity index (χ4v) is 1.62. The zero-order valence-electron chi connectivity index (χ0n) is 7.59. The Morgan fingerprint density at radius 1 is 1.21 bits per heavy atom. The van der Waals surface area contributed by atoms with Gasteiger partial charge in [0, 0.05) is 23.5 Å². The third-order valence-corrected chi connectivity index (χ3v) is 2.36. The van der Waals surface area contributed by atoms with E-state index in [0.717, 1.165) is 16.3 Å². The van der Waals surface area contributed by atoms with Crippen LogP contribution >= 0.6 is 0 Å². The van der Waals surface area contributed by atoms with Crippen molar-refractivity contribution in [2.24, 2.45) is 0 Å². The normalized spacial score (nSPS) is 13.1. The molecule has 0 N–H and O–H groups in total. The molecule has 0 fully saturated rings. The van der Waals surface area contributed by atoms with Crippen molar-refractivity contribution in [3.63, 3.8) is 0 Å². The number of nitrogens with zero attached hydrogens (tertiary/aromatic N) is 3. The quantitative estimate of drug-likeness (QED) is 0.549. The van der Waals surface area contributed by atoms with E-state index >= 15 is 0 Å². The van der Waals surface area contributed by atoms with Crippen LogP contribution in [0.25, 0.3) is 6.20 Å². The molecule has 3 rings (SSSR count). The molecule has 1 aromatic heterocycles. The summed E-state index contributed by atoms with van der Waals surface area (Å²) in [6, 6.07) is 10.1. The van der Waals surface area contributed by atoms with E-state index in [1.165, 1.54) is 0 Å². The average Bonchev–Trinajstić information content (AvgIpc) is 2.58. The van der Waals surface area contributed by atoms with Crippen LogP contribution in [0.2, 0.25) is 0 Å². The maximum atomic E-state index is 4.51. The fourth-order valence-electron chi connectivity index (χ4n) is 1.62. The van der Waals surface area contributed by atoms with Gasteiger partial charge in [-0.25, -0.2) is 4.68 Å². The van der Waals surface area contributed by atoms with Gasteiger partial charge in [-0.1, -0.05) is 12.1 Å². The summed E-state index contributed by atoms with van der Waals surface area (Å²) in [7, 11) is 0. The lowest BCUT2D eigenvalue weighted by Gasteiger charge is -1.90. The van der Waals surface area contributed by atoms with Crippen LogP contribution in [0, 0.1) is 0 Å². The van der Waals surface area contributed by atoms with Crippen molar-refractivity contribution in [1.29, 1.82) is 0 Å². The van der Waals surface area contributed by atoms with Crippen LogP contribution in [-0.2, 0) is 6.54 Å². The maximum absolute atomic E-state index is 4.51. The van der Waals surface area contributed by atoms with Crippen molar-refractivity contribution in [3.8, 4) is 0 Å². The van der Waals surface area contributed by atoms with Crippen LogP contribution in [0.15, 0.2) is 36.5 Å². The third-order valence-electron chi connectivity index (χ3n) is 2.36. The highest BCUT2D eigenvalue weighted by molar-refractivity contribution is 5.28. The summed E-state index contributed by atoms with van der Waals surface area (Å²) in [5.74, 6) is 0. The number of benzene rings is 1. The Balaban J connectivity index is 2.38. The second kappa shape index (κ2) is 2.80. The van der Waals surface area contributed by atoms with Crippen molar-refractivity contribution in [2.45, 2.75) is 6.54 Å². The van der Waals surface area contributed by atoms with E-state index in [0.29, 0.717) is 6.54 Å². The molecule has 3 nitrogen and oxygen atoms in total. The van der Waals surface area contributed by atoms with Gasteiger partial charge in [-0.15, -0.1) is 0 Å². The van der Waals surface area contributed by atoms with E-state index in [9.17, 15) is 0 Å². The molecule has 0 saturated heterocycles. The molecule has 1 aromatic carbocycles. The molecule has 1 aliphatic heterocycles. The summed E-state index contributed by atoms with van der Waals surface area (Å²) in [6.07, 6.45) is 3.82. The van der Waals surface area contributed by atoms with E-state index in [1.54, 1.807) is 6.20 Å². The van der Waals surface area contributed by atoms with Gasteiger partial charge in [0.05, 0.1) is 5.22 Å². The second-order valence-electron chi connectivity index (χ2n) is 3.27. The SMILES string of the molecule is C1=c2ccccc2=[N+]Cc2ccnn21.